The van der Waals surface area contributed by atoms with Crippen molar-refractivity contribution in [2.75, 3.05) is 4.90 Å². The molecule has 322 valence electrons. The lowest BCUT2D eigenvalue weighted by Gasteiger charge is -2.49. The van der Waals surface area contributed by atoms with Crippen LogP contribution in [0.25, 0.3) is 61.4 Å². The zero-order valence-corrected chi connectivity index (χ0v) is 38.0. The van der Waals surface area contributed by atoms with Crippen LogP contribution >= 0.6 is 0 Å². The number of para-hydroxylation sites is 2. The largest absolute Gasteiger partial charge is 0.484 e. The first-order valence-corrected chi connectivity index (χ1v) is 24.0. The molecule has 0 saturated heterocycles. The van der Waals surface area contributed by atoms with Crippen LogP contribution in [-0.2, 0) is 10.8 Å². The minimum absolute atomic E-state index is 0.0291. The SMILES string of the molecule is CC1(C)c2ccccc2-c2ccc(N(c3ccccc3)c3ccccc3-c3ccccc3-c3ccc4c(c3)-c3ccccc3C43c4ccc5ccccc5c4OC4c5ccccc5C=CC43)cc21. The fraction of sp³-hybridized carbons (Fsp3) is 0.0909. The lowest BCUT2D eigenvalue weighted by atomic mass is 9.58. The Balaban J connectivity index is 0.951. The summed E-state index contributed by atoms with van der Waals surface area (Å²) < 4.78 is 7.34. The van der Waals surface area contributed by atoms with Crippen molar-refractivity contribution in [1.29, 1.82) is 0 Å². The van der Waals surface area contributed by atoms with E-state index in [0.29, 0.717) is 0 Å². The minimum atomic E-state index is -0.481. The zero-order valence-electron chi connectivity index (χ0n) is 38.0. The Labute approximate surface area is 398 Å². The van der Waals surface area contributed by atoms with Crippen LogP contribution in [-0.4, -0.2) is 0 Å². The van der Waals surface area contributed by atoms with E-state index in [1.54, 1.807) is 0 Å². The third-order valence-electron chi connectivity index (χ3n) is 15.8. The van der Waals surface area contributed by atoms with E-state index in [1.165, 1.54) is 88.8 Å². The van der Waals surface area contributed by atoms with Gasteiger partial charge in [-0.25, -0.2) is 0 Å². The van der Waals surface area contributed by atoms with Crippen LogP contribution in [0, 0.1) is 5.92 Å². The molecular weight excluding hydrogens is 823 g/mol. The molecule has 10 aromatic rings. The van der Waals surface area contributed by atoms with Crippen LogP contribution in [0.15, 0.2) is 231 Å². The number of anilines is 3. The van der Waals surface area contributed by atoms with Gasteiger partial charge in [-0.05, 0) is 109 Å². The summed E-state index contributed by atoms with van der Waals surface area (Å²) in [5, 5.41) is 2.35. The van der Waals surface area contributed by atoms with E-state index in [-0.39, 0.29) is 17.4 Å². The molecule has 1 aliphatic heterocycles. The van der Waals surface area contributed by atoms with Gasteiger partial charge in [0.05, 0.1) is 11.1 Å². The van der Waals surface area contributed by atoms with Gasteiger partial charge in [0, 0.05) is 44.8 Å². The molecule has 2 nitrogen and oxygen atoms in total. The van der Waals surface area contributed by atoms with Crippen molar-refractivity contribution in [3.05, 3.63) is 269 Å². The van der Waals surface area contributed by atoms with E-state index in [1.807, 2.05) is 0 Å². The molecule has 3 unspecified atom stereocenters. The number of fused-ring (bicyclic) bond motifs is 16. The third kappa shape index (κ3) is 5.40. The maximum Gasteiger partial charge on any atom is 0.132 e. The molecule has 0 amide bonds. The lowest BCUT2D eigenvalue weighted by Crippen LogP contribution is -2.45. The fourth-order valence-corrected chi connectivity index (χ4v) is 12.8. The Morgan fingerprint density at radius 2 is 1.06 bits per heavy atom. The summed E-state index contributed by atoms with van der Waals surface area (Å²) in [6.07, 6.45) is 4.61. The Bertz CT molecular complexity index is 3730. The van der Waals surface area contributed by atoms with Gasteiger partial charge in [-0.2, -0.15) is 0 Å². The number of nitrogens with zero attached hydrogens (tertiary/aromatic N) is 1. The van der Waals surface area contributed by atoms with E-state index in [9.17, 15) is 0 Å². The highest BCUT2D eigenvalue weighted by molar-refractivity contribution is 5.98. The molecule has 14 rings (SSSR count). The van der Waals surface area contributed by atoms with Gasteiger partial charge in [0.15, 0.2) is 0 Å². The second-order valence-corrected chi connectivity index (χ2v) is 19.5. The van der Waals surface area contributed by atoms with Gasteiger partial charge in [-0.15, -0.1) is 0 Å². The lowest BCUT2D eigenvalue weighted by molar-refractivity contribution is 0.105. The van der Waals surface area contributed by atoms with E-state index >= 15 is 0 Å². The molecule has 4 aliphatic rings. The summed E-state index contributed by atoms with van der Waals surface area (Å²) in [5.74, 6) is 1.02. The van der Waals surface area contributed by atoms with Crippen LogP contribution in [0.2, 0.25) is 0 Å². The van der Waals surface area contributed by atoms with Gasteiger partial charge in [0.1, 0.15) is 11.9 Å². The Hall–Kier alpha value is -8.20. The second-order valence-electron chi connectivity index (χ2n) is 19.5. The molecular formula is C66H47NO. The molecule has 68 heavy (non-hydrogen) atoms. The van der Waals surface area contributed by atoms with Gasteiger partial charge in [-0.1, -0.05) is 214 Å². The van der Waals surface area contributed by atoms with Gasteiger partial charge < -0.3 is 9.64 Å². The Kier molecular flexibility index (Phi) is 8.40. The van der Waals surface area contributed by atoms with E-state index < -0.39 is 5.41 Å². The molecule has 0 radical (unpaired) electrons. The monoisotopic (exact) mass is 869 g/mol. The fourth-order valence-electron chi connectivity index (χ4n) is 12.8. The van der Waals surface area contributed by atoms with Crippen molar-refractivity contribution in [2.45, 2.75) is 30.8 Å². The molecule has 0 N–H and O–H groups in total. The first kappa shape index (κ1) is 39.0. The molecule has 3 atom stereocenters. The summed E-state index contributed by atoms with van der Waals surface area (Å²) in [6, 6.07) is 83.3. The highest BCUT2D eigenvalue weighted by Gasteiger charge is 2.57. The smallest absolute Gasteiger partial charge is 0.132 e. The number of hydrogen-bond acceptors (Lipinski definition) is 2. The van der Waals surface area contributed by atoms with Crippen LogP contribution in [0.4, 0.5) is 17.1 Å². The maximum atomic E-state index is 7.34. The standard InChI is InChI=1S/C66H47NO/c1-65(2)56-29-15-12-26-51(56)53-36-35-46(41-61(53)65)67(45-20-4-3-5-21-45)62-31-17-14-28-54(62)50-25-11-10-22-47(50)44-34-37-58-55(40-44)52-27-13-16-30-57(52)66(58)59-38-32-42-18-6-8-23-48(42)63(59)68-64-49-24-9-7-19-43(49)33-39-60(64)66/h3-41,59,63H,1-2H3. The number of rotatable bonds is 5. The molecule has 2 heteroatoms. The Morgan fingerprint density at radius 3 is 1.91 bits per heavy atom. The molecule has 0 saturated carbocycles. The van der Waals surface area contributed by atoms with Crippen molar-refractivity contribution in [3.8, 4) is 50.3 Å². The van der Waals surface area contributed by atoms with Crippen LogP contribution in [0.3, 0.4) is 0 Å². The molecule has 0 bridgehead atoms. The Morgan fingerprint density at radius 1 is 0.426 bits per heavy atom. The second kappa shape index (κ2) is 14.6. The number of benzene rings is 10. The molecule has 1 heterocycles. The normalized spacial score (nSPS) is 18.4. The van der Waals surface area contributed by atoms with Gasteiger partial charge in [0.2, 0.25) is 0 Å². The first-order chi connectivity index (χ1) is 33.5. The highest BCUT2D eigenvalue weighted by atomic mass is 16.5. The molecule has 0 aromatic heterocycles. The van der Waals surface area contributed by atoms with E-state index in [0.717, 1.165) is 28.2 Å². The molecule has 1 spiro atoms. The highest BCUT2D eigenvalue weighted by Crippen LogP contribution is 2.66. The van der Waals surface area contributed by atoms with Crippen molar-refractivity contribution >= 4 is 33.9 Å². The molecule has 10 aromatic carbocycles. The van der Waals surface area contributed by atoms with E-state index in [4.69, 9.17) is 4.74 Å². The maximum absolute atomic E-state index is 7.34. The third-order valence-corrected chi connectivity index (χ3v) is 15.8. The van der Waals surface area contributed by atoms with Crippen molar-refractivity contribution in [2.24, 2.45) is 5.92 Å². The van der Waals surface area contributed by atoms with Gasteiger partial charge in [-0.3, -0.25) is 0 Å². The first-order valence-electron chi connectivity index (χ1n) is 24.0. The average molecular weight is 870 g/mol. The van der Waals surface area contributed by atoms with Crippen LogP contribution in [0.5, 0.6) is 5.75 Å². The van der Waals surface area contributed by atoms with Crippen LogP contribution in [0.1, 0.15) is 58.9 Å². The topological polar surface area (TPSA) is 12.5 Å². The summed E-state index contributed by atoms with van der Waals surface area (Å²) in [5.41, 5.74) is 21.8. The predicted octanol–water partition coefficient (Wildman–Crippen LogP) is 17.0. The van der Waals surface area contributed by atoms with Crippen LogP contribution < -0.4 is 9.64 Å². The van der Waals surface area contributed by atoms with Gasteiger partial charge in [0.25, 0.3) is 0 Å². The summed E-state index contributed by atoms with van der Waals surface area (Å²) in [6.45, 7) is 4.72. The van der Waals surface area contributed by atoms with Gasteiger partial charge >= 0.3 is 0 Å². The quantitative estimate of drug-likeness (QED) is 0.171. The average Bonchev–Trinajstić information content (AvgIpc) is 3.81. The van der Waals surface area contributed by atoms with Crippen molar-refractivity contribution < 1.29 is 4.74 Å². The minimum Gasteiger partial charge on any atom is -0.484 e. The van der Waals surface area contributed by atoms with Crippen molar-refractivity contribution in [1.82, 2.24) is 0 Å². The summed E-state index contributed by atoms with van der Waals surface area (Å²) >= 11 is 0. The number of ether oxygens (including phenoxy) is 1. The van der Waals surface area contributed by atoms with Crippen molar-refractivity contribution in [3.63, 3.8) is 0 Å². The molecule has 3 aliphatic carbocycles. The van der Waals surface area contributed by atoms with E-state index in [2.05, 4.69) is 255 Å². The zero-order chi connectivity index (χ0) is 45.1. The molecule has 0 fully saturated rings. The summed E-state index contributed by atoms with van der Waals surface area (Å²) in [4.78, 5) is 2.45. The predicted molar refractivity (Wildman–Crippen MR) is 281 cm³/mol. The summed E-state index contributed by atoms with van der Waals surface area (Å²) in [7, 11) is 0. The number of hydrogen-bond donors (Lipinski definition) is 0.